The van der Waals surface area contributed by atoms with Gasteiger partial charge in [0.15, 0.2) is 0 Å². The Balaban J connectivity index is 3.08. The summed E-state index contributed by atoms with van der Waals surface area (Å²) in [5, 5.41) is 0.991. The molecule has 2 N–H and O–H groups in total. The second-order valence-corrected chi connectivity index (χ2v) is 5.00. The molecule has 1 atom stereocenters. The third-order valence-electron chi connectivity index (χ3n) is 2.27. The van der Waals surface area contributed by atoms with Crippen molar-refractivity contribution in [3.05, 3.63) is 15.6 Å². The molecule has 0 bridgehead atoms. The smallest absolute Gasteiger partial charge is 0.125 e. The fraction of sp³-hybridized carbons (Fsp3) is 0.700. The van der Waals surface area contributed by atoms with Crippen LogP contribution < -0.4 is 5.73 Å². The molecule has 14 heavy (non-hydrogen) atoms. The number of methoxy groups -OCH3 is 1. The van der Waals surface area contributed by atoms with Crippen LogP contribution in [0.3, 0.4) is 0 Å². The van der Waals surface area contributed by atoms with Crippen LogP contribution in [-0.2, 0) is 10.3 Å². The van der Waals surface area contributed by atoms with E-state index in [1.54, 1.807) is 18.4 Å². The molecule has 0 saturated heterocycles. The lowest BCUT2D eigenvalue weighted by Crippen LogP contribution is -2.18. The summed E-state index contributed by atoms with van der Waals surface area (Å²) in [7, 11) is 1.70. The van der Waals surface area contributed by atoms with Crippen LogP contribution in [0.1, 0.15) is 42.4 Å². The van der Waals surface area contributed by atoms with Gasteiger partial charge in [-0.1, -0.05) is 0 Å². The van der Waals surface area contributed by atoms with Crippen molar-refractivity contribution >= 4 is 11.3 Å². The summed E-state index contributed by atoms with van der Waals surface area (Å²) in [5.74, 6) is 0. The summed E-state index contributed by atoms with van der Waals surface area (Å²) >= 11 is 1.64. The summed E-state index contributed by atoms with van der Waals surface area (Å²) in [6.07, 6.45) is 0. The van der Waals surface area contributed by atoms with Gasteiger partial charge in [0, 0.05) is 18.0 Å². The Kier molecular flexibility index (Phi) is 3.29. The van der Waals surface area contributed by atoms with E-state index in [9.17, 15) is 0 Å². The van der Waals surface area contributed by atoms with Gasteiger partial charge < -0.3 is 10.5 Å². The summed E-state index contributed by atoms with van der Waals surface area (Å²) < 4.78 is 5.38. The molecule has 0 radical (unpaired) electrons. The third-order valence-corrected chi connectivity index (χ3v) is 3.93. The van der Waals surface area contributed by atoms with E-state index in [-0.39, 0.29) is 11.6 Å². The summed E-state index contributed by atoms with van der Waals surface area (Å²) in [6.45, 7) is 7.99. The first kappa shape index (κ1) is 11.6. The Bertz CT molecular complexity index is 318. The Morgan fingerprint density at radius 1 is 1.50 bits per heavy atom. The van der Waals surface area contributed by atoms with Gasteiger partial charge in [0.1, 0.15) is 10.6 Å². The Morgan fingerprint density at radius 3 is 2.43 bits per heavy atom. The lowest BCUT2D eigenvalue weighted by molar-refractivity contribution is 0.0189. The second kappa shape index (κ2) is 3.96. The van der Waals surface area contributed by atoms with Crippen LogP contribution in [0.2, 0.25) is 0 Å². The molecule has 80 valence electrons. The maximum Gasteiger partial charge on any atom is 0.125 e. The molecular formula is C10H18N2OS. The molecule has 0 aliphatic heterocycles. The first-order valence-electron chi connectivity index (χ1n) is 4.67. The van der Waals surface area contributed by atoms with E-state index in [0.717, 1.165) is 15.6 Å². The molecule has 0 saturated carbocycles. The molecular weight excluding hydrogens is 196 g/mol. The average molecular weight is 214 g/mol. The molecule has 0 aromatic carbocycles. The number of nitrogens with two attached hydrogens (primary N) is 1. The summed E-state index contributed by atoms with van der Waals surface area (Å²) in [4.78, 5) is 5.63. The molecule has 1 aromatic rings. The first-order valence-corrected chi connectivity index (χ1v) is 5.48. The largest absolute Gasteiger partial charge is 0.372 e. The SMILES string of the molecule is COC(C)(C)c1nc(C)c(C(C)N)s1. The maximum absolute atomic E-state index is 5.84. The predicted octanol–water partition coefficient (Wildman–Crippen LogP) is 2.35. The van der Waals surface area contributed by atoms with Crippen molar-refractivity contribution in [1.82, 2.24) is 4.98 Å². The molecule has 3 nitrogen and oxygen atoms in total. The number of thiazole rings is 1. The molecule has 0 fully saturated rings. The highest BCUT2D eigenvalue weighted by molar-refractivity contribution is 7.12. The van der Waals surface area contributed by atoms with Crippen molar-refractivity contribution in [3.8, 4) is 0 Å². The van der Waals surface area contributed by atoms with Gasteiger partial charge in [0.05, 0.1) is 5.69 Å². The van der Waals surface area contributed by atoms with E-state index >= 15 is 0 Å². The first-order chi connectivity index (χ1) is 6.38. The van der Waals surface area contributed by atoms with Crippen LogP contribution in [-0.4, -0.2) is 12.1 Å². The predicted molar refractivity (Wildman–Crippen MR) is 59.5 cm³/mol. The normalized spacial score (nSPS) is 14.4. The van der Waals surface area contributed by atoms with Crippen LogP contribution in [0.15, 0.2) is 0 Å². The standard InChI is InChI=1S/C10H18N2OS/c1-6(11)8-7(2)12-9(14-8)10(3,4)13-5/h6H,11H2,1-5H3. The number of aromatic nitrogens is 1. The van der Waals surface area contributed by atoms with Gasteiger partial charge in [0.25, 0.3) is 0 Å². The average Bonchev–Trinajstić information content (AvgIpc) is 2.48. The molecule has 0 aliphatic rings. The molecule has 0 spiro atoms. The minimum atomic E-state index is -0.317. The van der Waals surface area contributed by atoms with Gasteiger partial charge >= 0.3 is 0 Å². The van der Waals surface area contributed by atoms with Gasteiger partial charge in [-0.15, -0.1) is 11.3 Å². The van der Waals surface area contributed by atoms with E-state index in [1.807, 2.05) is 27.7 Å². The summed E-state index contributed by atoms with van der Waals surface area (Å²) in [6, 6.07) is 0.0499. The van der Waals surface area contributed by atoms with Crippen molar-refractivity contribution in [2.24, 2.45) is 5.73 Å². The zero-order chi connectivity index (χ0) is 10.9. The Morgan fingerprint density at radius 2 is 2.07 bits per heavy atom. The van der Waals surface area contributed by atoms with Gasteiger partial charge in [-0.3, -0.25) is 0 Å². The van der Waals surface area contributed by atoms with Crippen molar-refractivity contribution in [1.29, 1.82) is 0 Å². The number of aryl methyl sites for hydroxylation is 1. The molecule has 1 heterocycles. The van der Waals surface area contributed by atoms with Gasteiger partial charge in [-0.25, -0.2) is 4.98 Å². The second-order valence-electron chi connectivity index (χ2n) is 3.97. The van der Waals surface area contributed by atoms with Crippen LogP contribution in [0.5, 0.6) is 0 Å². The van der Waals surface area contributed by atoms with E-state index < -0.39 is 0 Å². The molecule has 0 amide bonds. The molecule has 1 aromatic heterocycles. The van der Waals surface area contributed by atoms with Crippen molar-refractivity contribution in [3.63, 3.8) is 0 Å². The Labute approximate surface area is 89.3 Å². The fourth-order valence-corrected chi connectivity index (χ4v) is 2.27. The highest BCUT2D eigenvalue weighted by Gasteiger charge is 2.25. The lowest BCUT2D eigenvalue weighted by Gasteiger charge is -2.19. The lowest BCUT2D eigenvalue weighted by atomic mass is 10.1. The molecule has 0 aliphatic carbocycles. The number of ether oxygens (including phenoxy) is 1. The number of hydrogen-bond acceptors (Lipinski definition) is 4. The van der Waals surface area contributed by atoms with Gasteiger partial charge in [-0.05, 0) is 27.7 Å². The zero-order valence-electron chi connectivity index (χ0n) is 9.42. The highest BCUT2D eigenvalue weighted by Crippen LogP contribution is 2.32. The van der Waals surface area contributed by atoms with Gasteiger partial charge in [-0.2, -0.15) is 0 Å². The Hall–Kier alpha value is -0.450. The minimum Gasteiger partial charge on any atom is -0.372 e. The minimum absolute atomic E-state index is 0.0499. The number of hydrogen-bond donors (Lipinski definition) is 1. The fourth-order valence-electron chi connectivity index (χ4n) is 1.18. The highest BCUT2D eigenvalue weighted by atomic mass is 32.1. The van der Waals surface area contributed by atoms with Gasteiger partial charge in [0.2, 0.25) is 0 Å². The monoisotopic (exact) mass is 214 g/mol. The van der Waals surface area contributed by atoms with E-state index in [0.29, 0.717) is 0 Å². The van der Waals surface area contributed by atoms with E-state index in [1.165, 1.54) is 0 Å². The topological polar surface area (TPSA) is 48.1 Å². The van der Waals surface area contributed by atoms with Crippen molar-refractivity contribution in [2.45, 2.75) is 39.3 Å². The van der Waals surface area contributed by atoms with Crippen LogP contribution >= 0.6 is 11.3 Å². The molecule has 1 rings (SSSR count). The number of rotatable bonds is 3. The maximum atomic E-state index is 5.84. The third kappa shape index (κ3) is 2.13. The quantitative estimate of drug-likeness (QED) is 0.840. The van der Waals surface area contributed by atoms with Crippen LogP contribution in [0.4, 0.5) is 0 Å². The summed E-state index contributed by atoms with van der Waals surface area (Å²) in [5.41, 5.74) is 6.54. The van der Waals surface area contributed by atoms with Crippen molar-refractivity contribution < 1.29 is 4.74 Å². The molecule has 1 unspecified atom stereocenters. The van der Waals surface area contributed by atoms with Crippen LogP contribution in [0, 0.1) is 6.92 Å². The van der Waals surface area contributed by atoms with E-state index in [4.69, 9.17) is 10.5 Å². The number of nitrogens with zero attached hydrogens (tertiary/aromatic N) is 1. The molecule has 4 heteroatoms. The van der Waals surface area contributed by atoms with Crippen molar-refractivity contribution in [2.75, 3.05) is 7.11 Å². The zero-order valence-corrected chi connectivity index (χ0v) is 10.2. The van der Waals surface area contributed by atoms with E-state index in [2.05, 4.69) is 4.98 Å². The van der Waals surface area contributed by atoms with Crippen LogP contribution in [0.25, 0.3) is 0 Å².